The summed E-state index contributed by atoms with van der Waals surface area (Å²) in [6, 6.07) is 12.5. The number of likely N-dealkylation sites (N-methyl/N-ethyl adjacent to an activating group) is 3. The number of phenolic OH excluding ortho intramolecular Hbond substituents is 1. The van der Waals surface area contributed by atoms with Gasteiger partial charge in [0.15, 0.2) is 17.5 Å². The van der Waals surface area contributed by atoms with Gasteiger partial charge >= 0.3 is 11.9 Å². The van der Waals surface area contributed by atoms with Crippen molar-refractivity contribution in [2.24, 2.45) is 17.6 Å². The number of para-hydroxylation sites is 1. The maximum Gasteiger partial charge on any atom is 0.305 e. The molecule has 3 aliphatic rings. The number of nitrogens with one attached hydrogen (secondary N) is 10. The number of H-pyrrole nitrogens is 1. The number of fused-ring (bicyclic) bond motifs is 3. The highest BCUT2D eigenvalue weighted by molar-refractivity contribution is 8.00. The zero-order chi connectivity index (χ0) is 100. The van der Waals surface area contributed by atoms with E-state index in [4.69, 9.17) is 5.73 Å². The van der Waals surface area contributed by atoms with Gasteiger partial charge in [-0.15, -0.1) is 11.8 Å². The zero-order valence-corrected chi connectivity index (χ0v) is 78.1. The standard InChI is InChI=1S/C97H116F4N16O20S/c1-53(2)39-68-86(126)111-73(85(125)104-50-79(102)119)51-138-52-80(120)105-72(43-59-40-64(99)83(101)65(100)41-59)93(133)114(6)77(46-58-27-31-61(98)32-28-58)95(135)115(7)78(45-56-21-12-9-13-22-56)96(136)117-38-18-26-75(117)91(131)110-71(48-82(123)124)89(129)112-84(54(3)4)97(137)113(5)76(44-55-19-10-8-11-20-55)92(132)106-67(35-36-81(121)122)94(134)116-37-17-16-25-74(116)90(130)109-70(47-60-49-103-66-24-15-14-23-63(60)66)88(128)108-69(87(127)107-68)42-57-29-33-62(118)34-30-57/h8-15,19-24,27-34,40-41,49,53-54,67-78,84,103,118H,16-18,25-26,35-39,42-48,50-52H2,1-7H3,(H2,102,119)(H,104,125)(H,105,120)(H,106,132)(H,107,127)(H,108,128)(H,109,130)(H,110,131)(H,111,126)(H,112,129)(H,121,122)(H,123,124)/t67-,68-,69-,70-,71-,72-,73-,74+,75+,76-,77-,78-,84-/m0/s1. The van der Waals surface area contributed by atoms with Crippen LogP contribution in [0.3, 0.4) is 0 Å². The first kappa shape index (κ1) is 106. The third kappa shape index (κ3) is 29.1. The summed E-state index contributed by atoms with van der Waals surface area (Å²) >= 11 is 0.633. The number of nitrogens with two attached hydrogens (primary N) is 1. The molecule has 36 nitrogen and oxygen atoms in total. The van der Waals surface area contributed by atoms with Crippen molar-refractivity contribution in [3.8, 4) is 5.75 Å². The molecule has 3 fully saturated rings. The lowest BCUT2D eigenvalue weighted by atomic mass is 9.97. The van der Waals surface area contributed by atoms with E-state index in [1.807, 2.05) is 0 Å². The van der Waals surface area contributed by atoms with Gasteiger partial charge in [-0.2, -0.15) is 0 Å². The van der Waals surface area contributed by atoms with Crippen LogP contribution in [0, 0.1) is 35.1 Å². The van der Waals surface area contributed by atoms with Crippen molar-refractivity contribution in [1.29, 1.82) is 0 Å². The lowest BCUT2D eigenvalue weighted by Gasteiger charge is -2.38. The number of amides is 15. The molecule has 7 aromatic rings. The largest absolute Gasteiger partial charge is 0.508 e. The summed E-state index contributed by atoms with van der Waals surface area (Å²) in [7, 11) is 3.54. The number of aliphatic carboxylic acids is 2. The summed E-state index contributed by atoms with van der Waals surface area (Å²) in [6.45, 7) is 5.24. The number of carbonyl (C=O) groups is 17. The first-order valence-corrected chi connectivity index (χ1v) is 46.5. The highest BCUT2D eigenvalue weighted by atomic mass is 32.2. The van der Waals surface area contributed by atoms with Gasteiger partial charge in [0.05, 0.1) is 18.7 Å². The molecule has 4 heterocycles. The van der Waals surface area contributed by atoms with Crippen LogP contribution >= 0.6 is 11.8 Å². The van der Waals surface area contributed by atoms with E-state index in [2.05, 4.69) is 52.8 Å². The summed E-state index contributed by atoms with van der Waals surface area (Å²) in [4.78, 5) is 260. The van der Waals surface area contributed by atoms with Crippen molar-refractivity contribution in [3.63, 3.8) is 0 Å². The molecular weight excluding hydrogens is 1820 g/mol. The van der Waals surface area contributed by atoms with E-state index in [1.165, 1.54) is 64.3 Å². The van der Waals surface area contributed by atoms with Crippen LogP contribution in [0.2, 0.25) is 0 Å². The number of nitrogens with zero attached hydrogens (tertiary/aromatic N) is 5. The number of rotatable bonds is 23. The van der Waals surface area contributed by atoms with Gasteiger partial charge in [-0.3, -0.25) is 81.5 Å². The van der Waals surface area contributed by atoms with E-state index in [0.717, 1.165) is 43.7 Å². The number of hydrogen-bond donors (Lipinski definition) is 14. The van der Waals surface area contributed by atoms with Crippen molar-refractivity contribution in [2.45, 2.75) is 203 Å². The number of primary amides is 1. The van der Waals surface area contributed by atoms with E-state index >= 15 is 61.5 Å². The van der Waals surface area contributed by atoms with Gasteiger partial charge in [0, 0.05) is 102 Å². The Labute approximate surface area is 797 Å². The second-order valence-electron chi connectivity index (χ2n) is 35.4. The number of hydrogen-bond acceptors (Lipinski definition) is 19. The molecule has 3 aliphatic heterocycles. The number of carboxylic acids is 2. The number of benzene rings is 6. The number of carbonyl (C=O) groups excluding carboxylic acids is 15. The van der Waals surface area contributed by atoms with E-state index in [-0.39, 0.29) is 82.2 Å². The SMILES string of the molecule is CC(C)C[C@@H]1NC(=O)[C@H](Cc2ccc(O)cc2)NC(=O)[C@H](Cc2c[nH]c3ccccc23)NC(=O)[C@H]2CCCCN2C(=O)[C@H](CCC(=O)O)NC(=O)[C@H](Cc2ccccc2)N(C)C(=O)[C@H](C(C)C)NC(=O)[C@H](CC(=O)O)NC(=O)[C@H]2CCCN2C(=O)[C@H](Cc2ccccc2)N(C)C(=O)[C@H](Cc2ccc(F)cc2)N(C)C(=O)[C@H](Cc2cc(F)c(F)c(F)c2)NC(=O)CSC[C@@H](C(=O)NCC(N)=O)NC1=O. The van der Waals surface area contributed by atoms with E-state index in [9.17, 15) is 52.9 Å². The van der Waals surface area contributed by atoms with Crippen molar-refractivity contribution in [2.75, 3.05) is 52.3 Å². The Morgan fingerprint density at radius 3 is 1.57 bits per heavy atom. The molecule has 15 amide bonds. The fourth-order valence-corrected chi connectivity index (χ4v) is 17.8. The second-order valence-corrected chi connectivity index (χ2v) is 36.5. The minimum Gasteiger partial charge on any atom is -0.508 e. The summed E-state index contributed by atoms with van der Waals surface area (Å²) in [5, 5.41) is 55.0. The van der Waals surface area contributed by atoms with Crippen LogP contribution in [0.15, 0.2) is 152 Å². The van der Waals surface area contributed by atoms with Crippen LogP contribution in [-0.4, -0.2) is 276 Å². The Bertz CT molecular complexity index is 5570. The van der Waals surface area contributed by atoms with Crippen LogP contribution < -0.4 is 53.6 Å². The van der Waals surface area contributed by atoms with Crippen molar-refractivity contribution in [1.82, 2.24) is 77.3 Å². The molecule has 0 radical (unpaired) electrons. The molecule has 0 unspecified atom stereocenters. The van der Waals surface area contributed by atoms with Gasteiger partial charge in [0.1, 0.15) is 90.1 Å². The lowest BCUT2D eigenvalue weighted by Crippen LogP contribution is -2.63. The van der Waals surface area contributed by atoms with Crippen molar-refractivity contribution in [3.05, 3.63) is 208 Å². The molecule has 138 heavy (non-hydrogen) atoms. The quantitative estimate of drug-likeness (QED) is 0.0323. The highest BCUT2D eigenvalue weighted by Gasteiger charge is 2.47. The van der Waals surface area contributed by atoms with Crippen LogP contribution in [0.1, 0.15) is 119 Å². The molecule has 41 heteroatoms. The number of aromatic amines is 1. The average molecular weight is 1930 g/mol. The van der Waals surface area contributed by atoms with Crippen molar-refractivity contribution < 1.29 is 114 Å². The third-order valence-electron chi connectivity index (χ3n) is 24.4. The third-order valence-corrected chi connectivity index (χ3v) is 25.5. The number of aromatic nitrogens is 1. The van der Waals surface area contributed by atoms with Crippen LogP contribution in [0.25, 0.3) is 10.9 Å². The van der Waals surface area contributed by atoms with Gasteiger partial charge in [0.2, 0.25) is 88.6 Å². The molecule has 10 rings (SSSR count). The van der Waals surface area contributed by atoms with E-state index in [0.29, 0.717) is 63.5 Å². The molecule has 0 saturated carbocycles. The molecule has 15 N–H and O–H groups in total. The molecule has 0 aliphatic carbocycles. The first-order chi connectivity index (χ1) is 65.6. The summed E-state index contributed by atoms with van der Waals surface area (Å²) in [5.41, 5.74) is 7.53. The molecule has 738 valence electrons. The Morgan fingerprint density at radius 2 is 0.971 bits per heavy atom. The predicted octanol–water partition coefficient (Wildman–Crippen LogP) is 3.31. The van der Waals surface area contributed by atoms with Crippen LogP contribution in [0.5, 0.6) is 5.75 Å². The van der Waals surface area contributed by atoms with Crippen LogP contribution in [-0.2, 0) is 120 Å². The summed E-state index contributed by atoms with van der Waals surface area (Å²) in [5.74, 6) is -27.5. The minimum atomic E-state index is -2.02. The highest BCUT2D eigenvalue weighted by Crippen LogP contribution is 2.29. The topological polar surface area (TPSA) is 517 Å². The Hall–Kier alpha value is -14.3. The fourth-order valence-electron chi connectivity index (χ4n) is 17.0. The van der Waals surface area contributed by atoms with Crippen molar-refractivity contribution >= 4 is 123 Å². The van der Waals surface area contributed by atoms with Gasteiger partial charge < -0.3 is 98.4 Å². The molecule has 1 aromatic heterocycles. The number of halogens is 4. The normalized spacial score (nSPS) is 23.2. The van der Waals surface area contributed by atoms with Gasteiger partial charge in [0.25, 0.3) is 0 Å². The maximum atomic E-state index is 15.9. The lowest BCUT2D eigenvalue weighted by molar-refractivity contribution is -0.152. The Balaban J connectivity index is 1.07. The van der Waals surface area contributed by atoms with E-state index < -0.39 is 270 Å². The molecule has 6 aromatic carbocycles. The second kappa shape index (κ2) is 49.5. The molecule has 3 saturated heterocycles. The molecule has 0 spiro atoms. The van der Waals surface area contributed by atoms with Crippen LogP contribution in [0.4, 0.5) is 17.6 Å². The Kier molecular flexibility index (Phi) is 37.9. The Morgan fingerprint density at radius 1 is 0.478 bits per heavy atom. The number of phenols is 1. The maximum absolute atomic E-state index is 15.9. The zero-order valence-electron chi connectivity index (χ0n) is 77.3. The molecule has 0 bridgehead atoms. The molecular formula is C97H116F4N16O20S. The summed E-state index contributed by atoms with van der Waals surface area (Å²) in [6.07, 6.45) is -3.18. The van der Waals surface area contributed by atoms with E-state index in [1.54, 1.807) is 105 Å². The first-order valence-electron chi connectivity index (χ1n) is 45.3. The fraction of sp³-hybridized carbons (Fsp3) is 0.433. The number of aromatic hydroxyl groups is 1. The minimum absolute atomic E-state index is 0.0635. The monoisotopic (exact) mass is 1930 g/mol. The number of piperidine rings is 1. The predicted molar refractivity (Wildman–Crippen MR) is 496 cm³/mol. The molecule has 13 atom stereocenters. The summed E-state index contributed by atoms with van der Waals surface area (Å²) < 4.78 is 60.1. The number of carboxylic acid groups (broad SMARTS) is 2. The van der Waals surface area contributed by atoms with Gasteiger partial charge in [-0.05, 0) is 133 Å². The van der Waals surface area contributed by atoms with Gasteiger partial charge in [-0.25, -0.2) is 17.6 Å². The van der Waals surface area contributed by atoms with Gasteiger partial charge in [-0.1, -0.05) is 131 Å². The average Bonchev–Trinajstić information content (AvgIpc) is 1.28. The smallest absolute Gasteiger partial charge is 0.305 e. The number of thioether (sulfide) groups is 1.